The van der Waals surface area contributed by atoms with Gasteiger partial charge in [-0.1, -0.05) is 35.3 Å². The molecule has 0 bridgehead atoms. The third kappa shape index (κ3) is 4.36. The largest absolute Gasteiger partial charge is 0.485 e. The summed E-state index contributed by atoms with van der Waals surface area (Å²) in [6.07, 6.45) is -0.682. The Hall–Kier alpha value is -2.64. The first kappa shape index (κ1) is 19.7. The Morgan fingerprint density at radius 3 is 2.38 bits per heavy atom. The smallest absolute Gasteiger partial charge is 0.322 e. The molecule has 4 rings (SSSR count). The highest BCUT2D eigenvalue weighted by atomic mass is 35.5. The molecule has 2 heterocycles. The predicted octanol–water partition coefficient (Wildman–Crippen LogP) is 3.51. The average molecular weight is 436 g/mol. The third-order valence-electron chi connectivity index (χ3n) is 4.84. The van der Waals surface area contributed by atoms with Gasteiger partial charge in [0, 0.05) is 31.2 Å². The number of benzene rings is 2. The van der Waals surface area contributed by atoms with E-state index in [1.165, 1.54) is 0 Å². The van der Waals surface area contributed by atoms with E-state index in [0.29, 0.717) is 53.4 Å². The Labute approximate surface area is 178 Å². The van der Waals surface area contributed by atoms with E-state index < -0.39 is 6.10 Å². The number of ether oxygens (including phenoxy) is 2. The first-order chi connectivity index (χ1) is 14.0. The van der Waals surface area contributed by atoms with Crippen LogP contribution in [-0.4, -0.2) is 60.6 Å². The van der Waals surface area contributed by atoms with Gasteiger partial charge in [0.15, 0.2) is 11.5 Å². The van der Waals surface area contributed by atoms with Gasteiger partial charge in [0.1, 0.15) is 6.61 Å². The van der Waals surface area contributed by atoms with Gasteiger partial charge in [-0.15, -0.1) is 0 Å². The van der Waals surface area contributed by atoms with Gasteiger partial charge in [-0.2, -0.15) is 0 Å². The number of rotatable bonds is 2. The van der Waals surface area contributed by atoms with Gasteiger partial charge in [0.05, 0.1) is 10.7 Å². The number of amides is 3. The molecule has 9 heteroatoms. The van der Waals surface area contributed by atoms with Gasteiger partial charge in [0.2, 0.25) is 6.10 Å². The van der Waals surface area contributed by atoms with Crippen LogP contribution in [-0.2, 0) is 4.79 Å². The van der Waals surface area contributed by atoms with E-state index in [1.54, 1.807) is 40.1 Å². The van der Waals surface area contributed by atoms with Gasteiger partial charge in [-0.25, -0.2) is 4.79 Å². The molecule has 1 unspecified atom stereocenters. The second kappa shape index (κ2) is 8.39. The highest BCUT2D eigenvalue weighted by molar-refractivity contribution is 6.36. The summed E-state index contributed by atoms with van der Waals surface area (Å²) in [6, 6.07) is 11.9. The molecule has 2 aliphatic rings. The fraction of sp³-hybridized carbons (Fsp3) is 0.300. The summed E-state index contributed by atoms with van der Waals surface area (Å²) in [6.45, 7) is 1.83. The Balaban J connectivity index is 1.31. The Morgan fingerprint density at radius 1 is 0.966 bits per heavy atom. The van der Waals surface area contributed by atoms with E-state index in [9.17, 15) is 9.59 Å². The standard InChI is InChI=1S/C20H19Cl2N3O4/c21-13-5-6-15(14(22)11-13)23-20(27)25-9-7-24(8-10-25)19(26)18-12-28-16-3-1-2-4-17(16)29-18/h1-6,11,18H,7-10,12H2,(H,23,27). The van der Waals surface area contributed by atoms with Crippen LogP contribution in [0.25, 0.3) is 0 Å². The van der Waals surface area contributed by atoms with E-state index in [2.05, 4.69) is 5.32 Å². The van der Waals surface area contributed by atoms with Crippen molar-refractivity contribution in [2.75, 3.05) is 38.1 Å². The third-order valence-corrected chi connectivity index (χ3v) is 5.38. The first-order valence-electron chi connectivity index (χ1n) is 9.19. The summed E-state index contributed by atoms with van der Waals surface area (Å²) in [7, 11) is 0. The van der Waals surface area contributed by atoms with Crippen molar-refractivity contribution in [1.29, 1.82) is 0 Å². The molecular formula is C20H19Cl2N3O4. The lowest BCUT2D eigenvalue weighted by Gasteiger charge is -2.37. The van der Waals surface area contributed by atoms with Crippen LogP contribution in [0.4, 0.5) is 10.5 Å². The molecule has 7 nitrogen and oxygen atoms in total. The Morgan fingerprint density at radius 2 is 1.66 bits per heavy atom. The SMILES string of the molecule is O=C(Nc1ccc(Cl)cc1Cl)N1CCN(C(=O)C2COc3ccccc3O2)CC1. The van der Waals surface area contributed by atoms with Gasteiger partial charge in [-0.05, 0) is 30.3 Å². The Kier molecular flexibility index (Phi) is 5.69. The number of carbonyl (C=O) groups is 2. The molecule has 2 aromatic carbocycles. The van der Waals surface area contributed by atoms with Gasteiger partial charge >= 0.3 is 6.03 Å². The molecule has 0 radical (unpaired) electrons. The number of hydrogen-bond acceptors (Lipinski definition) is 4. The first-order valence-corrected chi connectivity index (χ1v) is 9.95. The maximum Gasteiger partial charge on any atom is 0.322 e. The van der Waals surface area contributed by atoms with Crippen LogP contribution in [0, 0.1) is 0 Å². The zero-order chi connectivity index (χ0) is 20.4. The second-order valence-electron chi connectivity index (χ2n) is 6.73. The molecule has 152 valence electrons. The summed E-state index contributed by atoms with van der Waals surface area (Å²) < 4.78 is 11.4. The van der Waals surface area contributed by atoms with Crippen molar-refractivity contribution >= 4 is 40.8 Å². The predicted molar refractivity (Wildman–Crippen MR) is 110 cm³/mol. The molecule has 3 amide bonds. The van der Waals surface area contributed by atoms with Crippen LogP contribution in [0.3, 0.4) is 0 Å². The summed E-state index contributed by atoms with van der Waals surface area (Å²) >= 11 is 12.0. The van der Waals surface area contributed by atoms with Crippen molar-refractivity contribution in [3.8, 4) is 11.5 Å². The van der Waals surface area contributed by atoms with Crippen molar-refractivity contribution in [1.82, 2.24) is 9.80 Å². The normalized spacial score (nSPS) is 18.3. The zero-order valence-corrected chi connectivity index (χ0v) is 16.9. The van der Waals surface area contributed by atoms with Crippen molar-refractivity contribution in [2.45, 2.75) is 6.10 Å². The summed E-state index contributed by atoms with van der Waals surface area (Å²) in [4.78, 5) is 28.6. The number of nitrogens with zero attached hydrogens (tertiary/aromatic N) is 2. The number of para-hydroxylation sites is 2. The lowest BCUT2D eigenvalue weighted by molar-refractivity contribution is -0.142. The van der Waals surface area contributed by atoms with Crippen LogP contribution in [0.1, 0.15) is 0 Å². The lowest BCUT2D eigenvalue weighted by atomic mass is 10.2. The van der Waals surface area contributed by atoms with Gasteiger partial charge < -0.3 is 24.6 Å². The van der Waals surface area contributed by atoms with Crippen molar-refractivity contribution in [2.24, 2.45) is 0 Å². The fourth-order valence-electron chi connectivity index (χ4n) is 3.26. The molecule has 0 saturated carbocycles. The number of hydrogen-bond donors (Lipinski definition) is 1. The van der Waals surface area contributed by atoms with Crippen molar-refractivity contribution in [3.05, 3.63) is 52.5 Å². The second-order valence-corrected chi connectivity index (χ2v) is 7.57. The maximum atomic E-state index is 12.8. The quantitative estimate of drug-likeness (QED) is 0.783. The molecule has 29 heavy (non-hydrogen) atoms. The minimum atomic E-state index is -0.682. The van der Waals surface area contributed by atoms with Crippen LogP contribution < -0.4 is 14.8 Å². The van der Waals surface area contributed by atoms with E-state index in [1.807, 2.05) is 12.1 Å². The zero-order valence-electron chi connectivity index (χ0n) is 15.4. The number of nitrogens with one attached hydrogen (secondary N) is 1. The van der Waals surface area contributed by atoms with Gasteiger partial charge in [-0.3, -0.25) is 4.79 Å². The summed E-state index contributed by atoms with van der Waals surface area (Å²) in [5, 5.41) is 3.64. The number of piperazine rings is 1. The molecule has 1 atom stereocenters. The minimum Gasteiger partial charge on any atom is -0.485 e. The van der Waals surface area contributed by atoms with Crippen LogP contribution >= 0.6 is 23.2 Å². The monoisotopic (exact) mass is 435 g/mol. The fourth-order valence-corrected chi connectivity index (χ4v) is 3.72. The molecule has 2 aromatic rings. The summed E-state index contributed by atoms with van der Waals surface area (Å²) in [5.41, 5.74) is 0.492. The van der Waals surface area contributed by atoms with Crippen LogP contribution in [0.2, 0.25) is 10.0 Å². The number of halogens is 2. The van der Waals surface area contributed by atoms with Crippen LogP contribution in [0.5, 0.6) is 11.5 Å². The molecule has 1 fully saturated rings. The molecule has 0 aromatic heterocycles. The number of carbonyl (C=O) groups excluding carboxylic acids is 2. The number of fused-ring (bicyclic) bond motifs is 1. The van der Waals surface area contributed by atoms with E-state index in [-0.39, 0.29) is 18.5 Å². The topological polar surface area (TPSA) is 71.1 Å². The number of urea groups is 1. The molecule has 2 aliphatic heterocycles. The molecular weight excluding hydrogens is 417 g/mol. The minimum absolute atomic E-state index is 0.139. The highest BCUT2D eigenvalue weighted by Crippen LogP contribution is 2.31. The number of anilines is 1. The molecule has 1 N–H and O–H groups in total. The lowest BCUT2D eigenvalue weighted by Crippen LogP contribution is -2.55. The molecule has 1 saturated heterocycles. The van der Waals surface area contributed by atoms with Crippen LogP contribution in [0.15, 0.2) is 42.5 Å². The Bertz CT molecular complexity index is 932. The van der Waals surface area contributed by atoms with Crippen molar-refractivity contribution < 1.29 is 19.1 Å². The van der Waals surface area contributed by atoms with Gasteiger partial charge in [0.25, 0.3) is 5.91 Å². The van der Waals surface area contributed by atoms with E-state index in [0.717, 1.165) is 0 Å². The molecule has 0 spiro atoms. The molecule has 0 aliphatic carbocycles. The van der Waals surface area contributed by atoms with Crippen molar-refractivity contribution in [3.63, 3.8) is 0 Å². The summed E-state index contributed by atoms with van der Waals surface area (Å²) in [5.74, 6) is 1.06. The van der Waals surface area contributed by atoms with E-state index in [4.69, 9.17) is 32.7 Å². The highest BCUT2D eigenvalue weighted by Gasteiger charge is 2.33. The maximum absolute atomic E-state index is 12.8. The average Bonchev–Trinajstić information content (AvgIpc) is 2.75. The van der Waals surface area contributed by atoms with E-state index >= 15 is 0 Å².